The zero-order valence-corrected chi connectivity index (χ0v) is 17.5. The maximum atomic E-state index is 12.7. The van der Waals surface area contributed by atoms with Crippen LogP contribution in [0.15, 0.2) is 46.9 Å². The SMILES string of the molecule is COc1cccc(OC)c1OCC(O)CNC(=O)C1(c2cccc(Br)c2)CC1. The summed E-state index contributed by atoms with van der Waals surface area (Å²) >= 11 is 3.45. The molecule has 2 aromatic carbocycles. The highest BCUT2D eigenvalue weighted by Gasteiger charge is 2.51. The summed E-state index contributed by atoms with van der Waals surface area (Å²) < 4.78 is 17.2. The summed E-state index contributed by atoms with van der Waals surface area (Å²) in [6.45, 7) is 0.104. The number of methoxy groups -OCH3 is 2. The first-order valence-corrected chi connectivity index (χ1v) is 9.85. The van der Waals surface area contributed by atoms with Crippen molar-refractivity contribution in [2.45, 2.75) is 24.4 Å². The lowest BCUT2D eigenvalue weighted by Crippen LogP contribution is -2.40. The third kappa shape index (κ3) is 4.42. The van der Waals surface area contributed by atoms with Gasteiger partial charge < -0.3 is 24.6 Å². The highest BCUT2D eigenvalue weighted by atomic mass is 79.9. The molecule has 1 unspecified atom stereocenters. The summed E-state index contributed by atoms with van der Waals surface area (Å²) in [7, 11) is 3.07. The van der Waals surface area contributed by atoms with Crippen LogP contribution in [0.3, 0.4) is 0 Å². The van der Waals surface area contributed by atoms with Gasteiger partial charge in [-0.15, -0.1) is 0 Å². The summed E-state index contributed by atoms with van der Waals surface area (Å²) in [6, 6.07) is 13.1. The minimum atomic E-state index is -0.864. The monoisotopic (exact) mass is 449 g/mol. The normalized spacial score (nSPS) is 15.4. The van der Waals surface area contributed by atoms with Crippen LogP contribution in [0.5, 0.6) is 17.2 Å². The van der Waals surface area contributed by atoms with Gasteiger partial charge in [0.25, 0.3) is 0 Å². The molecule has 0 spiro atoms. The van der Waals surface area contributed by atoms with Crippen LogP contribution in [0.2, 0.25) is 0 Å². The van der Waals surface area contributed by atoms with Crippen molar-refractivity contribution in [3.63, 3.8) is 0 Å². The van der Waals surface area contributed by atoms with E-state index in [0.717, 1.165) is 22.9 Å². The van der Waals surface area contributed by atoms with Gasteiger partial charge in [0.1, 0.15) is 12.7 Å². The van der Waals surface area contributed by atoms with Crippen LogP contribution in [0.1, 0.15) is 18.4 Å². The number of hydrogen-bond acceptors (Lipinski definition) is 5. The number of benzene rings is 2. The molecular weight excluding hydrogens is 426 g/mol. The first kappa shape index (κ1) is 20.5. The molecule has 3 rings (SSSR count). The van der Waals surface area contributed by atoms with Gasteiger partial charge in [0.05, 0.1) is 19.6 Å². The van der Waals surface area contributed by atoms with Crippen molar-refractivity contribution in [3.8, 4) is 17.2 Å². The number of carbonyl (C=O) groups is 1. The summed E-state index contributed by atoms with van der Waals surface area (Å²) in [4.78, 5) is 12.7. The largest absolute Gasteiger partial charge is 0.493 e. The van der Waals surface area contributed by atoms with E-state index < -0.39 is 11.5 Å². The summed E-state index contributed by atoms with van der Waals surface area (Å²) in [6.07, 6.45) is 0.748. The molecule has 0 aliphatic heterocycles. The molecule has 28 heavy (non-hydrogen) atoms. The number of rotatable bonds is 9. The minimum Gasteiger partial charge on any atom is -0.493 e. The smallest absolute Gasteiger partial charge is 0.230 e. The van der Waals surface area contributed by atoms with Crippen molar-refractivity contribution < 1.29 is 24.1 Å². The number of hydrogen-bond donors (Lipinski definition) is 2. The number of halogens is 1. The molecule has 0 heterocycles. The fraction of sp³-hybridized carbons (Fsp3) is 0.381. The van der Waals surface area contributed by atoms with E-state index in [1.807, 2.05) is 24.3 Å². The van der Waals surface area contributed by atoms with Crippen LogP contribution in [-0.4, -0.2) is 44.5 Å². The summed E-state index contributed by atoms with van der Waals surface area (Å²) in [5.41, 5.74) is 0.500. The quantitative estimate of drug-likeness (QED) is 0.614. The lowest BCUT2D eigenvalue weighted by Gasteiger charge is -2.19. The van der Waals surface area contributed by atoms with Gasteiger partial charge in [-0.1, -0.05) is 34.1 Å². The fourth-order valence-corrected chi connectivity index (χ4v) is 3.53. The molecule has 1 atom stereocenters. The average molecular weight is 450 g/mol. The van der Waals surface area contributed by atoms with Crippen LogP contribution >= 0.6 is 15.9 Å². The van der Waals surface area contributed by atoms with E-state index in [-0.39, 0.29) is 19.1 Å². The van der Waals surface area contributed by atoms with Crippen molar-refractivity contribution in [1.82, 2.24) is 5.32 Å². The summed E-state index contributed by atoms with van der Waals surface area (Å²) in [5.74, 6) is 1.38. The lowest BCUT2D eigenvalue weighted by molar-refractivity contribution is -0.124. The number of nitrogens with one attached hydrogen (secondary N) is 1. The average Bonchev–Trinajstić information content (AvgIpc) is 3.52. The molecule has 0 saturated heterocycles. The van der Waals surface area contributed by atoms with Gasteiger partial charge in [-0.25, -0.2) is 0 Å². The van der Waals surface area contributed by atoms with E-state index in [4.69, 9.17) is 14.2 Å². The molecule has 2 N–H and O–H groups in total. The number of carbonyl (C=O) groups excluding carboxylic acids is 1. The highest BCUT2D eigenvalue weighted by Crippen LogP contribution is 2.48. The van der Waals surface area contributed by atoms with Gasteiger partial charge in [0.15, 0.2) is 11.5 Å². The molecule has 6 nitrogen and oxygen atoms in total. The van der Waals surface area contributed by atoms with Gasteiger partial charge in [-0.3, -0.25) is 4.79 Å². The number of aliphatic hydroxyl groups is 1. The molecule has 0 radical (unpaired) electrons. The van der Waals surface area contributed by atoms with Gasteiger partial charge in [-0.2, -0.15) is 0 Å². The maximum Gasteiger partial charge on any atom is 0.230 e. The Kier molecular flexibility index (Phi) is 6.46. The molecule has 0 bridgehead atoms. The van der Waals surface area contributed by atoms with Gasteiger partial charge in [0.2, 0.25) is 11.7 Å². The predicted molar refractivity (Wildman–Crippen MR) is 109 cm³/mol. The number of aliphatic hydroxyl groups excluding tert-OH is 1. The van der Waals surface area contributed by atoms with Gasteiger partial charge >= 0.3 is 0 Å². The zero-order chi connectivity index (χ0) is 20.1. The van der Waals surface area contributed by atoms with Crippen molar-refractivity contribution in [2.24, 2.45) is 0 Å². The molecule has 2 aromatic rings. The van der Waals surface area contributed by atoms with Crippen molar-refractivity contribution in [2.75, 3.05) is 27.4 Å². The van der Waals surface area contributed by atoms with Crippen molar-refractivity contribution in [3.05, 3.63) is 52.5 Å². The molecule has 1 fully saturated rings. The lowest BCUT2D eigenvalue weighted by atomic mass is 9.95. The Morgan fingerprint density at radius 3 is 2.39 bits per heavy atom. The number of para-hydroxylation sites is 1. The van der Waals surface area contributed by atoms with Crippen LogP contribution in [0.4, 0.5) is 0 Å². The molecule has 1 saturated carbocycles. The van der Waals surface area contributed by atoms with E-state index >= 15 is 0 Å². The fourth-order valence-electron chi connectivity index (χ4n) is 3.14. The Hall–Kier alpha value is -2.25. The molecule has 0 aromatic heterocycles. The van der Waals surface area contributed by atoms with E-state index in [9.17, 15) is 9.90 Å². The Balaban J connectivity index is 1.55. The Morgan fingerprint density at radius 2 is 1.82 bits per heavy atom. The van der Waals surface area contributed by atoms with E-state index in [1.165, 1.54) is 14.2 Å². The van der Waals surface area contributed by atoms with E-state index in [2.05, 4.69) is 21.2 Å². The predicted octanol–water partition coefficient (Wildman–Crippen LogP) is 3.05. The maximum absolute atomic E-state index is 12.7. The van der Waals surface area contributed by atoms with Gasteiger partial charge in [0, 0.05) is 11.0 Å². The van der Waals surface area contributed by atoms with Crippen LogP contribution in [-0.2, 0) is 10.2 Å². The zero-order valence-electron chi connectivity index (χ0n) is 15.9. The summed E-state index contributed by atoms with van der Waals surface area (Å²) in [5, 5.41) is 13.1. The highest BCUT2D eigenvalue weighted by molar-refractivity contribution is 9.10. The molecule has 1 amide bonds. The molecule has 1 aliphatic rings. The van der Waals surface area contributed by atoms with Crippen molar-refractivity contribution in [1.29, 1.82) is 0 Å². The van der Waals surface area contributed by atoms with Crippen molar-refractivity contribution >= 4 is 21.8 Å². The third-order valence-corrected chi connectivity index (χ3v) is 5.36. The Bertz CT molecular complexity index is 815. The van der Waals surface area contributed by atoms with Gasteiger partial charge in [-0.05, 0) is 42.7 Å². The second-order valence-electron chi connectivity index (χ2n) is 6.76. The topological polar surface area (TPSA) is 77.0 Å². The molecule has 7 heteroatoms. The first-order valence-electron chi connectivity index (χ1n) is 9.06. The third-order valence-electron chi connectivity index (χ3n) is 4.86. The van der Waals surface area contributed by atoms with E-state index in [0.29, 0.717) is 17.2 Å². The molecule has 150 valence electrons. The van der Waals surface area contributed by atoms with E-state index in [1.54, 1.807) is 18.2 Å². The Morgan fingerprint density at radius 1 is 1.18 bits per heavy atom. The first-order chi connectivity index (χ1) is 13.5. The molecule has 1 aliphatic carbocycles. The Labute approximate surface area is 172 Å². The number of amides is 1. The van der Waals surface area contributed by atoms with Crippen LogP contribution in [0.25, 0.3) is 0 Å². The minimum absolute atomic E-state index is 0.000891. The number of ether oxygens (including phenoxy) is 3. The second-order valence-corrected chi connectivity index (χ2v) is 7.67. The van der Waals surface area contributed by atoms with Crippen LogP contribution in [0, 0.1) is 0 Å². The van der Waals surface area contributed by atoms with Crippen LogP contribution < -0.4 is 19.5 Å². The second kappa shape index (κ2) is 8.84. The molecular formula is C21H24BrNO5. The standard InChI is InChI=1S/C21H24BrNO5/c1-26-17-7-4-8-18(27-2)19(17)28-13-16(24)12-23-20(25)21(9-10-21)14-5-3-6-15(22)11-14/h3-8,11,16,24H,9-10,12-13H2,1-2H3,(H,23,25).